The Bertz CT molecular complexity index is 260. The molecule has 4 heteroatoms. The van der Waals surface area contributed by atoms with Crippen LogP contribution in [-0.4, -0.2) is 48.0 Å². The molecular weight excluding hydrogens is 246 g/mol. The van der Waals surface area contributed by atoms with Crippen LogP contribution in [0.15, 0.2) is 0 Å². The highest BCUT2D eigenvalue weighted by Crippen LogP contribution is 2.45. The van der Waals surface area contributed by atoms with Crippen LogP contribution >= 0.6 is 11.8 Å². The zero-order valence-corrected chi connectivity index (χ0v) is 13.3. The van der Waals surface area contributed by atoms with Crippen LogP contribution in [0.2, 0.25) is 0 Å². The van der Waals surface area contributed by atoms with E-state index in [1.54, 1.807) is 11.8 Å². The molecule has 0 aromatic carbocycles. The van der Waals surface area contributed by atoms with Crippen molar-refractivity contribution >= 4 is 11.8 Å². The highest BCUT2D eigenvalue weighted by Gasteiger charge is 2.51. The quantitative estimate of drug-likeness (QED) is 0.713. The second-order valence-corrected chi connectivity index (χ2v) is 6.77. The summed E-state index contributed by atoms with van der Waals surface area (Å²) in [5.41, 5.74) is -0.407. The maximum Gasteiger partial charge on any atom is 0.0833 e. The third-order valence-electron chi connectivity index (χ3n) is 4.30. The molecule has 4 unspecified atom stereocenters. The molecule has 0 radical (unpaired) electrons. The van der Waals surface area contributed by atoms with E-state index in [4.69, 9.17) is 4.74 Å². The van der Waals surface area contributed by atoms with Gasteiger partial charge in [0.15, 0.2) is 0 Å². The number of nitrogens with one attached hydrogen (secondary N) is 1. The molecule has 2 N–H and O–H groups in total. The molecule has 0 aliphatic heterocycles. The highest BCUT2D eigenvalue weighted by molar-refractivity contribution is 7.98. The first-order valence-electron chi connectivity index (χ1n) is 6.96. The molecule has 1 aliphatic carbocycles. The lowest BCUT2D eigenvalue weighted by Crippen LogP contribution is -2.63. The van der Waals surface area contributed by atoms with Gasteiger partial charge in [-0.3, -0.25) is 0 Å². The molecule has 1 rings (SSSR count). The summed E-state index contributed by atoms with van der Waals surface area (Å²) in [6.45, 7) is 9.92. The monoisotopic (exact) mass is 275 g/mol. The Hall–Kier alpha value is 0.230. The van der Waals surface area contributed by atoms with E-state index in [0.717, 1.165) is 25.2 Å². The molecule has 108 valence electrons. The van der Waals surface area contributed by atoms with Gasteiger partial charge >= 0.3 is 0 Å². The van der Waals surface area contributed by atoms with E-state index in [-0.39, 0.29) is 5.41 Å². The lowest BCUT2D eigenvalue weighted by molar-refractivity contribution is -0.128. The van der Waals surface area contributed by atoms with Gasteiger partial charge in [-0.15, -0.1) is 0 Å². The Morgan fingerprint density at radius 2 is 2.17 bits per heavy atom. The van der Waals surface area contributed by atoms with Gasteiger partial charge < -0.3 is 15.2 Å². The van der Waals surface area contributed by atoms with E-state index in [0.29, 0.717) is 18.7 Å². The molecule has 3 nitrogen and oxygen atoms in total. The molecular formula is C14H29NO2S. The maximum absolute atomic E-state index is 10.2. The maximum atomic E-state index is 10.2. The topological polar surface area (TPSA) is 41.5 Å². The lowest BCUT2D eigenvalue weighted by Gasteiger charge is -2.54. The first-order chi connectivity index (χ1) is 8.39. The minimum Gasteiger partial charge on any atom is -0.388 e. The Morgan fingerprint density at radius 1 is 1.50 bits per heavy atom. The minimum atomic E-state index is -0.620. The number of aliphatic hydroxyl groups is 1. The summed E-state index contributed by atoms with van der Waals surface area (Å²) in [6, 6.07) is 0.465. The van der Waals surface area contributed by atoms with Crippen LogP contribution in [0.5, 0.6) is 0 Å². The van der Waals surface area contributed by atoms with E-state index < -0.39 is 5.60 Å². The summed E-state index contributed by atoms with van der Waals surface area (Å²) in [6.07, 6.45) is 4.57. The summed E-state index contributed by atoms with van der Waals surface area (Å²) in [7, 11) is 0. The number of hydrogen-bond donors (Lipinski definition) is 2. The van der Waals surface area contributed by atoms with Gasteiger partial charge in [0, 0.05) is 30.4 Å². The molecule has 0 spiro atoms. The summed E-state index contributed by atoms with van der Waals surface area (Å²) >= 11 is 1.69. The van der Waals surface area contributed by atoms with Crippen molar-refractivity contribution in [3.63, 3.8) is 0 Å². The fourth-order valence-electron chi connectivity index (χ4n) is 2.77. The molecule has 0 aromatic heterocycles. The fraction of sp³-hybridized carbons (Fsp3) is 1.00. The van der Waals surface area contributed by atoms with Crippen LogP contribution < -0.4 is 5.32 Å². The van der Waals surface area contributed by atoms with Crippen molar-refractivity contribution in [2.75, 3.05) is 25.2 Å². The molecule has 0 saturated heterocycles. The van der Waals surface area contributed by atoms with Crippen molar-refractivity contribution in [1.82, 2.24) is 5.32 Å². The number of hydrogen-bond acceptors (Lipinski definition) is 4. The van der Waals surface area contributed by atoms with Crippen LogP contribution in [0.4, 0.5) is 0 Å². The number of thioether (sulfide) groups is 1. The molecule has 18 heavy (non-hydrogen) atoms. The number of rotatable bonds is 8. The highest BCUT2D eigenvalue weighted by atomic mass is 32.2. The standard InChI is InChI=1S/C14H29NO2S/c1-6-14(4)11(8-12(14)17-7-2)15-9-13(3,16)10-18-5/h11-12,15-16H,6-10H2,1-5H3. The minimum absolute atomic E-state index is 0.214. The summed E-state index contributed by atoms with van der Waals surface area (Å²) in [4.78, 5) is 0. The van der Waals surface area contributed by atoms with Gasteiger partial charge in [0.2, 0.25) is 0 Å². The molecule has 0 amide bonds. The van der Waals surface area contributed by atoms with E-state index in [1.807, 2.05) is 13.2 Å². The molecule has 1 saturated carbocycles. The number of ether oxygens (including phenoxy) is 1. The molecule has 4 atom stereocenters. The smallest absolute Gasteiger partial charge is 0.0833 e. The first kappa shape index (κ1) is 16.3. The van der Waals surface area contributed by atoms with Gasteiger partial charge in [0.05, 0.1) is 11.7 Å². The van der Waals surface area contributed by atoms with Gasteiger partial charge in [-0.25, -0.2) is 0 Å². The van der Waals surface area contributed by atoms with Crippen molar-refractivity contribution in [2.45, 2.75) is 58.3 Å². The van der Waals surface area contributed by atoms with Crippen LogP contribution in [0, 0.1) is 5.41 Å². The third kappa shape index (κ3) is 3.62. The van der Waals surface area contributed by atoms with Crippen molar-refractivity contribution in [3.8, 4) is 0 Å². The third-order valence-corrected chi connectivity index (χ3v) is 5.21. The molecule has 0 heterocycles. The normalized spacial score (nSPS) is 35.0. The van der Waals surface area contributed by atoms with E-state index >= 15 is 0 Å². The summed E-state index contributed by atoms with van der Waals surface area (Å²) in [5.74, 6) is 0.768. The first-order valence-corrected chi connectivity index (χ1v) is 8.35. The van der Waals surface area contributed by atoms with E-state index in [2.05, 4.69) is 26.1 Å². The van der Waals surface area contributed by atoms with Crippen molar-refractivity contribution in [2.24, 2.45) is 5.41 Å². The van der Waals surface area contributed by atoms with Gasteiger partial charge in [-0.05, 0) is 32.9 Å². The molecule has 0 bridgehead atoms. The Morgan fingerprint density at radius 3 is 2.67 bits per heavy atom. The predicted octanol–water partition coefficient (Wildman–Crippen LogP) is 2.28. The summed E-state index contributed by atoms with van der Waals surface area (Å²) < 4.78 is 5.79. The van der Waals surface area contributed by atoms with Crippen LogP contribution in [-0.2, 0) is 4.74 Å². The molecule has 1 fully saturated rings. The Labute approximate surface area is 116 Å². The predicted molar refractivity (Wildman–Crippen MR) is 79.2 cm³/mol. The van der Waals surface area contributed by atoms with Crippen molar-refractivity contribution < 1.29 is 9.84 Å². The van der Waals surface area contributed by atoms with Gasteiger partial charge in [0.1, 0.15) is 0 Å². The van der Waals surface area contributed by atoms with E-state index in [1.165, 1.54) is 0 Å². The van der Waals surface area contributed by atoms with Crippen LogP contribution in [0.3, 0.4) is 0 Å². The summed E-state index contributed by atoms with van der Waals surface area (Å²) in [5, 5.41) is 13.7. The second kappa shape index (κ2) is 6.60. The lowest BCUT2D eigenvalue weighted by atomic mass is 9.61. The van der Waals surface area contributed by atoms with Crippen molar-refractivity contribution in [3.05, 3.63) is 0 Å². The Kier molecular flexibility index (Phi) is 5.97. The van der Waals surface area contributed by atoms with Gasteiger partial charge in [0.25, 0.3) is 0 Å². The van der Waals surface area contributed by atoms with Gasteiger partial charge in [-0.2, -0.15) is 11.8 Å². The van der Waals surface area contributed by atoms with E-state index in [9.17, 15) is 5.11 Å². The average Bonchev–Trinajstić information content (AvgIpc) is 2.31. The molecule has 1 aliphatic rings. The van der Waals surface area contributed by atoms with Crippen LogP contribution in [0.1, 0.15) is 40.5 Å². The zero-order chi connectivity index (χ0) is 13.8. The van der Waals surface area contributed by atoms with Gasteiger partial charge in [-0.1, -0.05) is 13.8 Å². The second-order valence-electron chi connectivity index (χ2n) is 5.90. The zero-order valence-electron chi connectivity index (χ0n) is 12.5. The molecule has 0 aromatic rings. The largest absolute Gasteiger partial charge is 0.388 e. The Balaban J connectivity index is 2.45. The van der Waals surface area contributed by atoms with Crippen molar-refractivity contribution in [1.29, 1.82) is 0 Å². The SMILES string of the molecule is CCOC1CC(NCC(C)(O)CSC)C1(C)CC. The fourth-order valence-corrected chi connectivity index (χ4v) is 3.50. The average molecular weight is 275 g/mol. The van der Waals surface area contributed by atoms with Crippen LogP contribution in [0.25, 0.3) is 0 Å².